The van der Waals surface area contributed by atoms with E-state index in [9.17, 15) is 4.79 Å². The zero-order valence-electron chi connectivity index (χ0n) is 10.9. The molecule has 1 amide bonds. The largest absolute Gasteiger partial charge is 0.449 e. The predicted molar refractivity (Wildman–Crippen MR) is 65.8 cm³/mol. The van der Waals surface area contributed by atoms with Crippen molar-refractivity contribution < 1.29 is 14.3 Å². The highest BCUT2D eigenvalue weighted by molar-refractivity contribution is 5.67. The van der Waals surface area contributed by atoms with Crippen molar-refractivity contribution >= 4 is 6.09 Å². The molecule has 0 aromatic carbocycles. The lowest BCUT2D eigenvalue weighted by Crippen LogP contribution is -2.41. The van der Waals surface area contributed by atoms with Crippen LogP contribution >= 0.6 is 0 Å². The van der Waals surface area contributed by atoms with Crippen molar-refractivity contribution in [3.63, 3.8) is 0 Å². The maximum atomic E-state index is 11.7. The van der Waals surface area contributed by atoms with E-state index in [2.05, 4.69) is 0 Å². The quantitative estimate of drug-likeness (QED) is 0.789. The number of amides is 1. The van der Waals surface area contributed by atoms with E-state index in [-0.39, 0.29) is 12.2 Å². The van der Waals surface area contributed by atoms with Crippen LogP contribution in [0.3, 0.4) is 0 Å². The van der Waals surface area contributed by atoms with Crippen molar-refractivity contribution in [2.24, 2.45) is 11.7 Å². The highest BCUT2D eigenvalue weighted by atomic mass is 16.6. The molecule has 0 aliphatic carbocycles. The predicted octanol–water partition coefficient (Wildman–Crippen LogP) is 1.22. The first-order valence-electron chi connectivity index (χ1n) is 6.37. The van der Waals surface area contributed by atoms with E-state index in [4.69, 9.17) is 15.2 Å². The molecule has 0 spiro atoms. The number of piperidine rings is 1. The number of nitrogens with two attached hydrogens (primary N) is 1. The van der Waals surface area contributed by atoms with Crippen LogP contribution in [-0.4, -0.2) is 49.9 Å². The van der Waals surface area contributed by atoms with E-state index < -0.39 is 0 Å². The number of hydrogen-bond acceptors (Lipinski definition) is 4. The Kier molecular flexibility index (Phi) is 6.29. The smallest absolute Gasteiger partial charge is 0.409 e. The summed E-state index contributed by atoms with van der Waals surface area (Å²) in [6, 6.07) is 0. The van der Waals surface area contributed by atoms with E-state index in [1.54, 1.807) is 4.90 Å². The lowest BCUT2D eigenvalue weighted by atomic mass is 10.1. The van der Waals surface area contributed by atoms with Crippen LogP contribution in [0, 0.1) is 5.92 Å². The first kappa shape index (κ1) is 14.3. The molecular weight excluding hydrogens is 220 g/mol. The minimum absolute atomic E-state index is 0.198. The van der Waals surface area contributed by atoms with Crippen molar-refractivity contribution in [1.29, 1.82) is 0 Å². The molecule has 0 atom stereocenters. The second kappa shape index (κ2) is 7.50. The summed E-state index contributed by atoms with van der Waals surface area (Å²) in [6.07, 6.45) is 1.79. The molecule has 0 unspecified atom stereocenters. The highest BCUT2D eigenvalue weighted by Gasteiger charge is 2.23. The fourth-order valence-corrected chi connectivity index (χ4v) is 1.77. The Morgan fingerprint density at radius 1 is 1.41 bits per heavy atom. The number of carbonyl (C=O) groups excluding carboxylic acids is 1. The monoisotopic (exact) mass is 244 g/mol. The van der Waals surface area contributed by atoms with Gasteiger partial charge in [-0.25, -0.2) is 4.79 Å². The second-order valence-corrected chi connectivity index (χ2v) is 4.82. The van der Waals surface area contributed by atoms with E-state index in [1.807, 2.05) is 13.8 Å². The molecule has 2 N–H and O–H groups in total. The number of ether oxygens (including phenoxy) is 2. The molecule has 1 rings (SSSR count). The van der Waals surface area contributed by atoms with Crippen LogP contribution in [0.5, 0.6) is 0 Å². The van der Waals surface area contributed by atoms with Gasteiger partial charge in [-0.05, 0) is 18.8 Å². The Balaban J connectivity index is 2.19. The Morgan fingerprint density at radius 3 is 2.59 bits per heavy atom. The fourth-order valence-electron chi connectivity index (χ4n) is 1.77. The van der Waals surface area contributed by atoms with Gasteiger partial charge in [0.2, 0.25) is 0 Å². The van der Waals surface area contributed by atoms with Crippen molar-refractivity contribution in [2.45, 2.75) is 32.8 Å². The Morgan fingerprint density at radius 2 is 2.06 bits per heavy atom. The van der Waals surface area contributed by atoms with Gasteiger partial charge in [-0.2, -0.15) is 0 Å². The maximum absolute atomic E-state index is 11.7. The van der Waals surface area contributed by atoms with Crippen LogP contribution in [0.1, 0.15) is 26.7 Å². The van der Waals surface area contributed by atoms with Crippen LogP contribution < -0.4 is 5.73 Å². The van der Waals surface area contributed by atoms with Crippen LogP contribution in [0.15, 0.2) is 0 Å². The van der Waals surface area contributed by atoms with Crippen LogP contribution in [0.4, 0.5) is 4.79 Å². The van der Waals surface area contributed by atoms with Crippen molar-refractivity contribution in [1.82, 2.24) is 4.90 Å². The van der Waals surface area contributed by atoms with Crippen molar-refractivity contribution in [3.8, 4) is 0 Å². The normalized spacial score (nSPS) is 17.5. The minimum Gasteiger partial charge on any atom is -0.449 e. The third-order valence-corrected chi connectivity index (χ3v) is 2.71. The SMILES string of the molecule is CC(C)COC(=O)N1CCC(OCCN)CC1. The summed E-state index contributed by atoms with van der Waals surface area (Å²) in [5.74, 6) is 0.379. The highest BCUT2D eigenvalue weighted by Crippen LogP contribution is 2.14. The van der Waals surface area contributed by atoms with Crippen LogP contribution in [0.25, 0.3) is 0 Å². The van der Waals surface area contributed by atoms with Gasteiger partial charge in [-0.15, -0.1) is 0 Å². The third-order valence-electron chi connectivity index (χ3n) is 2.71. The second-order valence-electron chi connectivity index (χ2n) is 4.82. The molecule has 100 valence electrons. The molecular formula is C12H24N2O3. The summed E-state index contributed by atoms with van der Waals surface area (Å²) in [4.78, 5) is 13.4. The first-order valence-corrected chi connectivity index (χ1v) is 6.37. The Hall–Kier alpha value is -0.810. The van der Waals surface area contributed by atoms with E-state index in [0.29, 0.717) is 38.8 Å². The third kappa shape index (κ3) is 5.37. The minimum atomic E-state index is -0.198. The number of hydrogen-bond donors (Lipinski definition) is 1. The van der Waals surface area contributed by atoms with Gasteiger partial charge >= 0.3 is 6.09 Å². The molecule has 1 fully saturated rings. The van der Waals surface area contributed by atoms with Gasteiger partial charge in [0.25, 0.3) is 0 Å². The summed E-state index contributed by atoms with van der Waals surface area (Å²) in [6.45, 7) is 7.13. The molecule has 1 heterocycles. The summed E-state index contributed by atoms with van der Waals surface area (Å²) in [5.41, 5.74) is 5.38. The van der Waals surface area contributed by atoms with Gasteiger partial charge < -0.3 is 20.1 Å². The van der Waals surface area contributed by atoms with Gasteiger partial charge in [0, 0.05) is 19.6 Å². The Bertz CT molecular complexity index is 226. The summed E-state index contributed by atoms with van der Waals surface area (Å²) < 4.78 is 10.7. The zero-order valence-corrected chi connectivity index (χ0v) is 10.9. The number of rotatable bonds is 5. The molecule has 1 saturated heterocycles. The first-order chi connectivity index (χ1) is 8.13. The molecule has 0 radical (unpaired) electrons. The average Bonchev–Trinajstić information content (AvgIpc) is 2.34. The van der Waals surface area contributed by atoms with Crippen LogP contribution in [-0.2, 0) is 9.47 Å². The van der Waals surface area contributed by atoms with Gasteiger partial charge in [0.05, 0.1) is 19.3 Å². The van der Waals surface area contributed by atoms with E-state index >= 15 is 0 Å². The maximum Gasteiger partial charge on any atom is 0.409 e. The molecule has 0 aromatic heterocycles. The molecule has 5 nitrogen and oxygen atoms in total. The summed E-state index contributed by atoms with van der Waals surface area (Å²) in [7, 11) is 0. The molecule has 5 heteroatoms. The Labute approximate surface area is 103 Å². The van der Waals surface area contributed by atoms with Crippen LogP contribution in [0.2, 0.25) is 0 Å². The lowest BCUT2D eigenvalue weighted by molar-refractivity contribution is 0.00806. The van der Waals surface area contributed by atoms with Crippen molar-refractivity contribution in [2.75, 3.05) is 32.8 Å². The van der Waals surface area contributed by atoms with Crippen molar-refractivity contribution in [3.05, 3.63) is 0 Å². The average molecular weight is 244 g/mol. The number of nitrogens with zero attached hydrogens (tertiary/aromatic N) is 1. The van der Waals surface area contributed by atoms with Gasteiger partial charge in [-0.3, -0.25) is 0 Å². The van der Waals surface area contributed by atoms with Gasteiger partial charge in [0.1, 0.15) is 0 Å². The molecule has 1 aliphatic rings. The van der Waals surface area contributed by atoms with E-state index in [0.717, 1.165) is 12.8 Å². The number of likely N-dealkylation sites (tertiary alicyclic amines) is 1. The topological polar surface area (TPSA) is 64.8 Å². The molecule has 0 saturated carbocycles. The molecule has 0 aromatic rings. The van der Waals surface area contributed by atoms with Gasteiger partial charge in [0.15, 0.2) is 0 Å². The molecule has 0 bridgehead atoms. The standard InChI is InChI=1S/C12H24N2O3/c1-10(2)9-17-12(15)14-6-3-11(4-7-14)16-8-5-13/h10-11H,3-9,13H2,1-2H3. The van der Waals surface area contributed by atoms with Gasteiger partial charge in [-0.1, -0.05) is 13.8 Å². The number of carbonyl (C=O) groups is 1. The fraction of sp³-hybridized carbons (Fsp3) is 0.917. The van der Waals surface area contributed by atoms with E-state index in [1.165, 1.54) is 0 Å². The molecule has 1 aliphatic heterocycles. The zero-order chi connectivity index (χ0) is 12.7. The summed E-state index contributed by atoms with van der Waals surface area (Å²) >= 11 is 0. The summed E-state index contributed by atoms with van der Waals surface area (Å²) in [5, 5.41) is 0. The lowest BCUT2D eigenvalue weighted by Gasteiger charge is -2.31. The molecule has 17 heavy (non-hydrogen) atoms.